The fourth-order valence-electron chi connectivity index (χ4n) is 5.20. The molecule has 1 saturated carbocycles. The minimum Gasteiger partial charge on any atom is -0.456 e. The topological polar surface area (TPSA) is 106 Å². The normalized spacial score (nSPS) is 26.0. The van der Waals surface area contributed by atoms with Crippen molar-refractivity contribution in [2.45, 2.75) is 51.6 Å². The fraction of sp³-hybridized carbons (Fsp3) is 0.545. The lowest BCUT2D eigenvalue weighted by Crippen LogP contribution is -2.42. The number of carbonyl (C=O) groups is 2. The summed E-state index contributed by atoms with van der Waals surface area (Å²) in [5.74, 6) is 0.504. The average molecular weight is 438 g/mol. The Hall–Kier alpha value is -3.14. The van der Waals surface area contributed by atoms with Crippen LogP contribution in [0.4, 0.5) is 0 Å². The summed E-state index contributed by atoms with van der Waals surface area (Å²) in [4.78, 5) is 35.0. The Labute approximate surface area is 186 Å². The molecule has 1 saturated heterocycles. The molecule has 2 aromatic heterocycles. The summed E-state index contributed by atoms with van der Waals surface area (Å²) in [5, 5.41) is 11.6. The molecule has 0 aromatic carbocycles. The van der Waals surface area contributed by atoms with Crippen molar-refractivity contribution in [3.63, 3.8) is 0 Å². The van der Waals surface area contributed by atoms with Crippen molar-refractivity contribution in [2.75, 3.05) is 20.2 Å². The first-order chi connectivity index (χ1) is 15.5. The molecule has 2 aliphatic heterocycles. The van der Waals surface area contributed by atoms with Crippen molar-refractivity contribution in [1.82, 2.24) is 35.0 Å². The first-order valence-electron chi connectivity index (χ1n) is 11.0. The number of cyclic esters (lactones) is 1. The monoisotopic (exact) mass is 437 g/mol. The summed E-state index contributed by atoms with van der Waals surface area (Å²) < 4.78 is 5.12. The molecule has 3 aliphatic rings. The molecule has 32 heavy (non-hydrogen) atoms. The van der Waals surface area contributed by atoms with Gasteiger partial charge in [-0.05, 0) is 62.9 Å². The minimum atomic E-state index is -0.306. The number of tetrazole rings is 1. The number of ether oxygens (including phenoxy) is 1. The van der Waals surface area contributed by atoms with E-state index < -0.39 is 0 Å². The van der Waals surface area contributed by atoms with Crippen molar-refractivity contribution < 1.29 is 14.3 Å². The third-order valence-corrected chi connectivity index (χ3v) is 7.25. The van der Waals surface area contributed by atoms with Gasteiger partial charge in [0.05, 0.1) is 16.7 Å². The van der Waals surface area contributed by atoms with Gasteiger partial charge in [-0.1, -0.05) is 6.07 Å². The number of carbonyl (C=O) groups excluding carboxylic acids is 2. The Morgan fingerprint density at radius 3 is 2.66 bits per heavy atom. The standard InChI is InChI=1S/C22H27N7O3/c1-15-18(13-32-20(15)30)28-10-9-22(21(28)31)7-5-17(6-8-22)27(2)12-16-3-4-19(23-11-16)29-25-14-24-26-29/h3-4,11,14,17H,5-10,12-13H2,1-2H3/t17-,22-. The lowest BCUT2D eigenvalue weighted by atomic mass is 9.71. The predicted molar refractivity (Wildman–Crippen MR) is 113 cm³/mol. The molecule has 5 rings (SSSR count). The van der Waals surface area contributed by atoms with Gasteiger partial charge in [0.1, 0.15) is 6.61 Å². The van der Waals surface area contributed by atoms with Crippen molar-refractivity contribution in [1.29, 1.82) is 0 Å². The van der Waals surface area contributed by atoms with Crippen molar-refractivity contribution >= 4 is 11.9 Å². The highest BCUT2D eigenvalue weighted by molar-refractivity contribution is 5.94. The van der Waals surface area contributed by atoms with Crippen LogP contribution < -0.4 is 0 Å². The maximum atomic E-state index is 13.3. The molecule has 0 bridgehead atoms. The van der Waals surface area contributed by atoms with Gasteiger partial charge in [-0.25, -0.2) is 9.78 Å². The molecule has 1 aliphatic carbocycles. The number of esters is 1. The van der Waals surface area contributed by atoms with E-state index in [1.165, 1.54) is 11.1 Å². The number of hydrogen-bond donors (Lipinski definition) is 0. The lowest BCUT2D eigenvalue weighted by Gasteiger charge is -2.39. The summed E-state index contributed by atoms with van der Waals surface area (Å²) in [6.07, 6.45) is 7.82. The SMILES string of the molecule is CC1=C(N2CC[C@]3(CC[C@@H](N(C)Cc4ccc(-n5ncnn5)nc4)CC3)C2=O)COC1=O. The average Bonchev–Trinajstić information content (AvgIpc) is 3.52. The molecular formula is C22H27N7O3. The van der Waals surface area contributed by atoms with Crippen LogP contribution in [0.15, 0.2) is 35.9 Å². The lowest BCUT2D eigenvalue weighted by molar-refractivity contribution is -0.138. The number of rotatable bonds is 5. The van der Waals surface area contributed by atoms with Gasteiger partial charge in [0.25, 0.3) is 0 Å². The van der Waals surface area contributed by atoms with Crippen molar-refractivity contribution in [3.05, 3.63) is 41.5 Å². The highest BCUT2D eigenvalue weighted by Gasteiger charge is 2.50. The maximum Gasteiger partial charge on any atom is 0.336 e. The number of pyridine rings is 1. The van der Waals surface area contributed by atoms with Gasteiger partial charge in [-0.2, -0.15) is 0 Å². The van der Waals surface area contributed by atoms with E-state index in [0.717, 1.165) is 49.9 Å². The van der Waals surface area contributed by atoms with E-state index in [9.17, 15) is 9.59 Å². The van der Waals surface area contributed by atoms with Crippen LogP contribution in [-0.2, 0) is 20.9 Å². The Balaban J connectivity index is 1.18. The third-order valence-electron chi connectivity index (χ3n) is 7.25. The van der Waals surface area contributed by atoms with Gasteiger partial charge < -0.3 is 9.64 Å². The highest BCUT2D eigenvalue weighted by atomic mass is 16.5. The molecule has 0 atom stereocenters. The number of likely N-dealkylation sites (tertiary alicyclic amines) is 1. The first kappa shape index (κ1) is 20.7. The fourth-order valence-corrected chi connectivity index (χ4v) is 5.20. The van der Waals surface area contributed by atoms with Gasteiger partial charge >= 0.3 is 5.97 Å². The molecule has 10 nitrogen and oxygen atoms in total. The second-order valence-corrected chi connectivity index (χ2v) is 9.03. The molecule has 168 valence electrons. The van der Waals surface area contributed by atoms with E-state index >= 15 is 0 Å². The summed E-state index contributed by atoms with van der Waals surface area (Å²) >= 11 is 0. The molecule has 1 spiro atoms. The van der Waals surface area contributed by atoms with Crippen LogP contribution >= 0.6 is 0 Å². The summed E-state index contributed by atoms with van der Waals surface area (Å²) in [6, 6.07) is 4.35. The zero-order valence-corrected chi connectivity index (χ0v) is 18.4. The van der Waals surface area contributed by atoms with Gasteiger partial charge in [0, 0.05) is 25.3 Å². The smallest absolute Gasteiger partial charge is 0.336 e. The van der Waals surface area contributed by atoms with Crippen LogP contribution in [0, 0.1) is 5.41 Å². The van der Waals surface area contributed by atoms with E-state index in [-0.39, 0.29) is 23.9 Å². The van der Waals surface area contributed by atoms with E-state index in [1.807, 2.05) is 23.2 Å². The van der Waals surface area contributed by atoms with E-state index in [1.54, 1.807) is 6.92 Å². The number of amides is 1. The van der Waals surface area contributed by atoms with E-state index in [2.05, 4.69) is 32.3 Å². The van der Waals surface area contributed by atoms with Gasteiger partial charge in [0.15, 0.2) is 12.1 Å². The molecule has 10 heteroatoms. The zero-order valence-electron chi connectivity index (χ0n) is 18.4. The molecule has 0 N–H and O–H groups in total. The summed E-state index contributed by atoms with van der Waals surface area (Å²) in [7, 11) is 2.13. The van der Waals surface area contributed by atoms with Crippen molar-refractivity contribution in [3.8, 4) is 5.82 Å². The number of aromatic nitrogens is 5. The minimum absolute atomic E-state index is 0.174. The molecule has 2 fully saturated rings. The maximum absolute atomic E-state index is 13.3. The second-order valence-electron chi connectivity index (χ2n) is 9.03. The second kappa shape index (κ2) is 8.09. The molecule has 0 radical (unpaired) electrons. The molecule has 1 amide bonds. The summed E-state index contributed by atoms with van der Waals surface area (Å²) in [6.45, 7) is 3.44. The summed E-state index contributed by atoms with van der Waals surface area (Å²) in [5.41, 5.74) is 2.16. The Morgan fingerprint density at radius 1 is 1.22 bits per heavy atom. The Kier molecular flexibility index (Phi) is 5.24. The Morgan fingerprint density at radius 2 is 2.03 bits per heavy atom. The molecule has 0 unspecified atom stereocenters. The van der Waals surface area contributed by atoms with Crippen LogP contribution in [-0.4, -0.2) is 73.1 Å². The van der Waals surface area contributed by atoms with Gasteiger partial charge in [-0.3, -0.25) is 9.69 Å². The number of nitrogens with zero attached hydrogens (tertiary/aromatic N) is 7. The Bertz CT molecular complexity index is 1040. The zero-order chi connectivity index (χ0) is 22.3. The quantitative estimate of drug-likeness (QED) is 0.648. The van der Waals surface area contributed by atoms with Gasteiger partial charge in [-0.15, -0.1) is 15.0 Å². The van der Waals surface area contributed by atoms with Gasteiger partial charge in [0.2, 0.25) is 5.91 Å². The molecule has 4 heterocycles. The number of hydrogen-bond acceptors (Lipinski definition) is 8. The van der Waals surface area contributed by atoms with E-state index in [4.69, 9.17) is 4.74 Å². The highest BCUT2D eigenvalue weighted by Crippen LogP contribution is 2.47. The van der Waals surface area contributed by atoms with Crippen LogP contribution in [0.1, 0.15) is 44.6 Å². The van der Waals surface area contributed by atoms with E-state index in [0.29, 0.717) is 24.0 Å². The first-order valence-corrected chi connectivity index (χ1v) is 11.0. The molecule has 2 aromatic rings. The predicted octanol–water partition coefficient (Wildman–Crippen LogP) is 1.48. The largest absolute Gasteiger partial charge is 0.456 e. The van der Waals surface area contributed by atoms with Crippen LogP contribution in [0.2, 0.25) is 0 Å². The van der Waals surface area contributed by atoms with Crippen molar-refractivity contribution in [2.24, 2.45) is 5.41 Å². The van der Waals surface area contributed by atoms with Crippen LogP contribution in [0.3, 0.4) is 0 Å². The van der Waals surface area contributed by atoms with Crippen LogP contribution in [0.25, 0.3) is 5.82 Å². The third kappa shape index (κ3) is 3.58. The molecular weight excluding hydrogens is 410 g/mol. The van der Waals surface area contributed by atoms with Crippen LogP contribution in [0.5, 0.6) is 0 Å².